The Morgan fingerprint density at radius 3 is 2.74 bits per heavy atom. The van der Waals surface area contributed by atoms with Crippen molar-refractivity contribution < 1.29 is 14.3 Å². The van der Waals surface area contributed by atoms with E-state index < -0.39 is 0 Å². The molecule has 2 amide bonds. The van der Waals surface area contributed by atoms with E-state index in [0.29, 0.717) is 31.2 Å². The fourth-order valence-electron chi connectivity index (χ4n) is 4.52. The van der Waals surface area contributed by atoms with E-state index >= 15 is 0 Å². The SMILES string of the molecule is CC(=O)N1CCC[C@H](c2cccnc2OC2CN(C(=O)c3cc4ccccc4[nH]3)C2)C1. The zero-order chi connectivity index (χ0) is 21.4. The van der Waals surface area contributed by atoms with Gasteiger partial charge in [-0.05, 0) is 31.0 Å². The van der Waals surface area contributed by atoms with Crippen LogP contribution in [0.3, 0.4) is 0 Å². The van der Waals surface area contributed by atoms with Gasteiger partial charge in [-0.2, -0.15) is 0 Å². The number of ether oxygens (including phenoxy) is 1. The smallest absolute Gasteiger partial charge is 0.270 e. The van der Waals surface area contributed by atoms with E-state index in [4.69, 9.17) is 4.74 Å². The molecule has 4 heterocycles. The van der Waals surface area contributed by atoms with Crippen LogP contribution >= 0.6 is 0 Å². The number of piperidine rings is 1. The second-order valence-corrected chi connectivity index (χ2v) is 8.42. The molecule has 2 aliphatic heterocycles. The summed E-state index contributed by atoms with van der Waals surface area (Å²) in [5, 5.41) is 1.03. The second kappa shape index (κ2) is 8.06. The van der Waals surface area contributed by atoms with E-state index in [-0.39, 0.29) is 23.8 Å². The minimum absolute atomic E-state index is 0.0123. The molecular weight excluding hydrogens is 392 g/mol. The Morgan fingerprint density at radius 2 is 1.94 bits per heavy atom. The summed E-state index contributed by atoms with van der Waals surface area (Å²) in [4.78, 5) is 36.0. The molecule has 5 rings (SSSR count). The van der Waals surface area contributed by atoms with Gasteiger partial charge in [0.15, 0.2) is 0 Å². The maximum absolute atomic E-state index is 12.8. The van der Waals surface area contributed by atoms with E-state index in [1.165, 1.54) is 0 Å². The molecule has 0 radical (unpaired) electrons. The Kier molecular flexibility index (Phi) is 5.10. The number of hydrogen-bond acceptors (Lipinski definition) is 4. The topological polar surface area (TPSA) is 78.5 Å². The molecule has 7 heteroatoms. The van der Waals surface area contributed by atoms with Crippen molar-refractivity contribution in [1.29, 1.82) is 0 Å². The van der Waals surface area contributed by atoms with E-state index in [0.717, 1.165) is 35.9 Å². The first-order chi connectivity index (χ1) is 15.1. The van der Waals surface area contributed by atoms with E-state index in [2.05, 4.69) is 9.97 Å². The lowest BCUT2D eigenvalue weighted by molar-refractivity contribution is -0.130. The predicted octanol–water partition coefficient (Wildman–Crippen LogP) is 3.19. The van der Waals surface area contributed by atoms with Crippen molar-refractivity contribution in [3.63, 3.8) is 0 Å². The molecule has 0 unspecified atom stereocenters. The zero-order valence-electron chi connectivity index (χ0n) is 17.6. The number of benzene rings is 1. The summed E-state index contributed by atoms with van der Waals surface area (Å²) in [6, 6.07) is 13.7. The average molecular weight is 418 g/mol. The number of aromatic amines is 1. The van der Waals surface area contributed by atoms with Crippen molar-refractivity contribution >= 4 is 22.7 Å². The minimum atomic E-state index is -0.0746. The lowest BCUT2D eigenvalue weighted by Gasteiger charge is -2.39. The number of pyridine rings is 1. The summed E-state index contributed by atoms with van der Waals surface area (Å²) in [5.41, 5.74) is 2.61. The van der Waals surface area contributed by atoms with Crippen LogP contribution in [0.1, 0.15) is 41.7 Å². The van der Waals surface area contributed by atoms with Gasteiger partial charge >= 0.3 is 0 Å². The van der Waals surface area contributed by atoms with Crippen molar-refractivity contribution in [2.75, 3.05) is 26.2 Å². The maximum Gasteiger partial charge on any atom is 0.270 e. The highest BCUT2D eigenvalue weighted by Crippen LogP contribution is 2.33. The fraction of sp³-hybridized carbons (Fsp3) is 0.375. The van der Waals surface area contributed by atoms with Crippen LogP contribution in [0.2, 0.25) is 0 Å². The van der Waals surface area contributed by atoms with E-state index in [1.807, 2.05) is 47.4 Å². The van der Waals surface area contributed by atoms with E-state index in [1.54, 1.807) is 18.0 Å². The lowest BCUT2D eigenvalue weighted by Crippen LogP contribution is -2.56. The van der Waals surface area contributed by atoms with Crippen molar-refractivity contribution in [2.45, 2.75) is 31.8 Å². The summed E-state index contributed by atoms with van der Waals surface area (Å²) in [6.07, 6.45) is 3.65. The van der Waals surface area contributed by atoms with Gasteiger partial charge < -0.3 is 19.5 Å². The van der Waals surface area contributed by atoms with Crippen molar-refractivity contribution in [2.24, 2.45) is 0 Å². The molecule has 160 valence electrons. The molecular formula is C24H26N4O3. The Morgan fingerprint density at radius 1 is 1.10 bits per heavy atom. The van der Waals surface area contributed by atoms with Crippen LogP contribution in [0, 0.1) is 0 Å². The third-order valence-corrected chi connectivity index (χ3v) is 6.28. The van der Waals surface area contributed by atoms with Crippen LogP contribution in [0.4, 0.5) is 0 Å². The van der Waals surface area contributed by atoms with Gasteiger partial charge in [0.1, 0.15) is 11.8 Å². The average Bonchev–Trinajstić information content (AvgIpc) is 3.20. The molecule has 0 aliphatic carbocycles. The molecule has 1 N–H and O–H groups in total. The quantitative estimate of drug-likeness (QED) is 0.706. The third kappa shape index (κ3) is 3.87. The van der Waals surface area contributed by atoms with Crippen molar-refractivity contribution in [3.05, 3.63) is 59.9 Å². The van der Waals surface area contributed by atoms with Gasteiger partial charge in [-0.3, -0.25) is 9.59 Å². The number of hydrogen-bond donors (Lipinski definition) is 1. The highest BCUT2D eigenvalue weighted by molar-refractivity contribution is 5.98. The number of H-pyrrole nitrogens is 1. The van der Waals surface area contributed by atoms with Crippen LogP contribution in [-0.4, -0.2) is 63.9 Å². The lowest BCUT2D eigenvalue weighted by atomic mass is 9.91. The van der Waals surface area contributed by atoms with Crippen molar-refractivity contribution in [3.8, 4) is 5.88 Å². The maximum atomic E-state index is 12.8. The molecule has 2 saturated heterocycles. The highest BCUT2D eigenvalue weighted by Gasteiger charge is 2.35. The number of amides is 2. The summed E-state index contributed by atoms with van der Waals surface area (Å²) in [6.45, 7) is 4.21. The Hall–Kier alpha value is -3.35. The second-order valence-electron chi connectivity index (χ2n) is 8.42. The number of aromatic nitrogens is 2. The molecule has 1 aromatic carbocycles. The predicted molar refractivity (Wildman–Crippen MR) is 117 cm³/mol. The number of carbonyl (C=O) groups is 2. The molecule has 7 nitrogen and oxygen atoms in total. The molecule has 1 atom stereocenters. The highest BCUT2D eigenvalue weighted by atomic mass is 16.5. The number of rotatable bonds is 4. The normalized spacial score (nSPS) is 19.3. The molecule has 0 saturated carbocycles. The van der Waals surface area contributed by atoms with Gasteiger partial charge in [0.2, 0.25) is 11.8 Å². The van der Waals surface area contributed by atoms with Crippen LogP contribution < -0.4 is 4.74 Å². The first kappa shape index (κ1) is 19.6. The standard InChI is InChI=1S/C24H26N4O3/c1-16(29)27-11-5-7-18(13-27)20-8-4-10-25-23(20)31-19-14-28(15-19)24(30)22-12-17-6-2-3-9-21(17)26-22/h2-4,6,8-10,12,18-19,26H,5,7,11,13-15H2,1H3/t18-/m0/s1. The largest absolute Gasteiger partial charge is 0.470 e. The number of carbonyl (C=O) groups excluding carboxylic acids is 2. The molecule has 31 heavy (non-hydrogen) atoms. The van der Waals surface area contributed by atoms with Crippen LogP contribution in [0.25, 0.3) is 10.9 Å². The van der Waals surface area contributed by atoms with E-state index in [9.17, 15) is 9.59 Å². The zero-order valence-corrected chi connectivity index (χ0v) is 17.6. The number of fused-ring (bicyclic) bond motifs is 1. The molecule has 0 bridgehead atoms. The Bertz CT molecular complexity index is 1090. The van der Waals surface area contributed by atoms with Gasteiger partial charge in [-0.1, -0.05) is 24.3 Å². The van der Waals surface area contributed by atoms with Crippen molar-refractivity contribution in [1.82, 2.24) is 19.8 Å². The number of likely N-dealkylation sites (tertiary alicyclic amines) is 2. The first-order valence-corrected chi connectivity index (χ1v) is 10.8. The number of nitrogens with zero attached hydrogens (tertiary/aromatic N) is 3. The van der Waals surface area contributed by atoms with Gasteiger partial charge in [-0.15, -0.1) is 0 Å². The van der Waals surface area contributed by atoms with Gasteiger partial charge in [0.05, 0.1) is 13.1 Å². The summed E-state index contributed by atoms with van der Waals surface area (Å²) in [5.74, 6) is 0.953. The fourth-order valence-corrected chi connectivity index (χ4v) is 4.52. The Labute approximate surface area is 181 Å². The molecule has 3 aromatic rings. The van der Waals surface area contributed by atoms with Crippen LogP contribution in [0.5, 0.6) is 5.88 Å². The van der Waals surface area contributed by atoms with Crippen LogP contribution in [-0.2, 0) is 4.79 Å². The minimum Gasteiger partial charge on any atom is -0.470 e. The number of nitrogens with one attached hydrogen (secondary N) is 1. The molecule has 0 spiro atoms. The first-order valence-electron chi connectivity index (χ1n) is 10.8. The van der Waals surface area contributed by atoms with Gasteiger partial charge in [-0.25, -0.2) is 4.98 Å². The number of para-hydroxylation sites is 1. The summed E-state index contributed by atoms with van der Waals surface area (Å²) >= 11 is 0. The monoisotopic (exact) mass is 418 g/mol. The summed E-state index contributed by atoms with van der Waals surface area (Å²) in [7, 11) is 0. The van der Waals surface area contributed by atoms with Crippen LogP contribution in [0.15, 0.2) is 48.7 Å². The van der Waals surface area contributed by atoms with Gasteiger partial charge in [0.25, 0.3) is 5.91 Å². The molecule has 2 aliphatic rings. The Balaban J connectivity index is 1.23. The van der Waals surface area contributed by atoms with Gasteiger partial charge in [0, 0.05) is 48.6 Å². The molecule has 2 fully saturated rings. The third-order valence-electron chi connectivity index (χ3n) is 6.28. The summed E-state index contributed by atoms with van der Waals surface area (Å²) < 4.78 is 6.19. The molecule has 2 aromatic heterocycles.